The lowest BCUT2D eigenvalue weighted by atomic mass is 10.2. The van der Waals surface area contributed by atoms with Crippen molar-refractivity contribution in [2.45, 2.75) is 18.5 Å². The van der Waals surface area contributed by atoms with Crippen molar-refractivity contribution in [2.75, 3.05) is 7.11 Å². The summed E-state index contributed by atoms with van der Waals surface area (Å²) < 4.78 is 82.6. The van der Waals surface area contributed by atoms with Crippen molar-refractivity contribution >= 4 is 5.97 Å². The largest absolute Gasteiger partial charge is 0.465 e. The van der Waals surface area contributed by atoms with Gasteiger partial charge in [-0.2, -0.15) is 22.0 Å². The van der Waals surface area contributed by atoms with E-state index in [1.54, 1.807) is 0 Å². The average molecular weight is 302 g/mol. The molecule has 20 heavy (non-hydrogen) atoms. The van der Waals surface area contributed by atoms with Crippen molar-refractivity contribution in [1.82, 2.24) is 0 Å². The molecule has 0 radical (unpaired) electrons. The normalized spacial score (nSPS) is 13.8. The fourth-order valence-electron chi connectivity index (χ4n) is 1.22. The van der Waals surface area contributed by atoms with Crippen molar-refractivity contribution in [2.24, 2.45) is 0 Å². The number of rotatable bonds is 4. The van der Waals surface area contributed by atoms with Gasteiger partial charge in [-0.1, -0.05) is 12.1 Å². The monoisotopic (exact) mass is 302 g/mol. The lowest BCUT2D eigenvalue weighted by Crippen LogP contribution is -2.45. The second-order valence-corrected chi connectivity index (χ2v) is 3.56. The Balaban J connectivity index is 3.07. The topological polar surface area (TPSA) is 35.5 Å². The van der Waals surface area contributed by atoms with E-state index in [2.05, 4.69) is 9.47 Å². The van der Waals surface area contributed by atoms with Gasteiger partial charge in [0.2, 0.25) is 0 Å². The van der Waals surface area contributed by atoms with Crippen LogP contribution in [0.5, 0.6) is 5.75 Å². The van der Waals surface area contributed by atoms with Crippen molar-refractivity contribution in [3.8, 4) is 5.75 Å². The number of ether oxygens (including phenoxy) is 2. The van der Waals surface area contributed by atoms with E-state index in [0.717, 1.165) is 25.3 Å². The molecule has 0 aliphatic carbocycles. The number of benzene rings is 1. The Morgan fingerprint density at radius 3 is 2.20 bits per heavy atom. The smallest absolute Gasteiger partial charge is 0.439 e. The molecule has 1 atom stereocenters. The Labute approximate surface area is 109 Å². The summed E-state index contributed by atoms with van der Waals surface area (Å²) in [7, 11) is 0.935. The second-order valence-electron chi connectivity index (χ2n) is 3.56. The predicted octanol–water partition coefficient (Wildman–Crippen LogP) is 3.35. The average Bonchev–Trinajstić information content (AvgIpc) is 2.36. The Kier molecular flexibility index (Phi) is 4.51. The SMILES string of the molecule is COC(=O)c1ccccc1OC(F)(F)C(F)C(F)(F)F. The molecule has 1 unspecified atom stereocenters. The number of carbonyl (C=O) groups is 1. The molecule has 0 fully saturated rings. The van der Waals surface area contributed by atoms with Gasteiger partial charge in [-0.05, 0) is 12.1 Å². The molecule has 1 aromatic rings. The van der Waals surface area contributed by atoms with Gasteiger partial charge < -0.3 is 9.47 Å². The summed E-state index contributed by atoms with van der Waals surface area (Å²) in [5.74, 6) is -2.03. The van der Waals surface area contributed by atoms with Crippen LogP contribution < -0.4 is 4.74 Å². The Hall–Kier alpha value is -1.93. The van der Waals surface area contributed by atoms with E-state index in [4.69, 9.17) is 0 Å². The van der Waals surface area contributed by atoms with Gasteiger partial charge in [-0.25, -0.2) is 9.18 Å². The van der Waals surface area contributed by atoms with Crippen molar-refractivity contribution in [3.63, 3.8) is 0 Å². The number of carbonyl (C=O) groups excluding carboxylic acids is 1. The number of hydrogen-bond acceptors (Lipinski definition) is 3. The third kappa shape index (κ3) is 3.55. The molecule has 112 valence electrons. The molecule has 9 heteroatoms. The Morgan fingerprint density at radius 2 is 1.70 bits per heavy atom. The molecule has 0 aliphatic rings. The molecule has 0 aliphatic heterocycles. The molecular formula is C11H8F6O3. The summed E-state index contributed by atoms with van der Waals surface area (Å²) in [5, 5.41) is 0. The molecular weight excluding hydrogens is 294 g/mol. The standard InChI is InChI=1S/C11H8F6O3/c1-19-8(18)6-4-2-3-5-7(6)20-11(16,17)9(12)10(13,14)15/h2-5,9H,1H3. The van der Waals surface area contributed by atoms with Crippen LogP contribution in [0.1, 0.15) is 10.4 Å². The fourth-order valence-corrected chi connectivity index (χ4v) is 1.22. The van der Waals surface area contributed by atoms with Crippen molar-refractivity contribution in [3.05, 3.63) is 29.8 Å². The third-order valence-electron chi connectivity index (χ3n) is 2.12. The number of alkyl halides is 6. The summed E-state index contributed by atoms with van der Waals surface area (Å²) in [6.07, 6.45) is -15.5. The van der Waals surface area contributed by atoms with Gasteiger partial charge in [0.15, 0.2) is 0 Å². The molecule has 0 spiro atoms. The van der Waals surface area contributed by atoms with Gasteiger partial charge in [0.25, 0.3) is 6.17 Å². The maximum absolute atomic E-state index is 13.1. The second kappa shape index (κ2) is 5.59. The summed E-state index contributed by atoms with van der Waals surface area (Å²) in [6, 6.07) is 4.15. The van der Waals surface area contributed by atoms with Crippen LogP contribution in [0.15, 0.2) is 24.3 Å². The third-order valence-corrected chi connectivity index (χ3v) is 2.12. The molecule has 3 nitrogen and oxygen atoms in total. The van der Waals surface area contributed by atoms with Crippen LogP contribution in [0.25, 0.3) is 0 Å². The zero-order valence-corrected chi connectivity index (χ0v) is 9.88. The van der Waals surface area contributed by atoms with E-state index < -0.39 is 35.7 Å². The van der Waals surface area contributed by atoms with Gasteiger partial charge in [0.1, 0.15) is 11.3 Å². The first-order chi connectivity index (χ1) is 9.09. The highest BCUT2D eigenvalue weighted by atomic mass is 19.4. The maximum atomic E-state index is 13.1. The van der Waals surface area contributed by atoms with E-state index in [1.807, 2.05) is 0 Å². The zero-order valence-electron chi connectivity index (χ0n) is 9.88. The predicted molar refractivity (Wildman–Crippen MR) is 54.3 cm³/mol. The van der Waals surface area contributed by atoms with Crippen LogP contribution >= 0.6 is 0 Å². The summed E-state index contributed by atoms with van der Waals surface area (Å²) >= 11 is 0. The minimum absolute atomic E-state index is 0.552. The highest BCUT2D eigenvalue weighted by Crippen LogP contribution is 2.37. The number of methoxy groups -OCH3 is 1. The summed E-state index contributed by atoms with van der Waals surface area (Å²) in [5.41, 5.74) is -0.552. The van der Waals surface area contributed by atoms with Crippen LogP contribution in [0.3, 0.4) is 0 Å². The quantitative estimate of drug-likeness (QED) is 0.632. The zero-order chi connectivity index (χ0) is 15.6. The lowest BCUT2D eigenvalue weighted by Gasteiger charge is -2.23. The highest BCUT2D eigenvalue weighted by molar-refractivity contribution is 5.92. The molecule has 1 rings (SSSR count). The van der Waals surface area contributed by atoms with Gasteiger partial charge in [-0.3, -0.25) is 0 Å². The number of halogens is 6. The Morgan fingerprint density at radius 1 is 1.15 bits per heavy atom. The Bertz CT molecular complexity index is 485. The molecule has 1 aromatic carbocycles. The number of esters is 1. The van der Waals surface area contributed by atoms with E-state index in [-0.39, 0.29) is 0 Å². The van der Waals surface area contributed by atoms with Gasteiger partial charge in [-0.15, -0.1) is 0 Å². The summed E-state index contributed by atoms with van der Waals surface area (Å²) in [6.45, 7) is 0. The minimum atomic E-state index is -5.80. The molecule has 0 N–H and O–H groups in total. The first-order valence-corrected chi connectivity index (χ1v) is 5.04. The van der Waals surface area contributed by atoms with Crippen LogP contribution in [0, 0.1) is 0 Å². The van der Waals surface area contributed by atoms with Gasteiger partial charge in [0, 0.05) is 0 Å². The van der Waals surface area contributed by atoms with Crippen molar-refractivity contribution in [1.29, 1.82) is 0 Å². The first kappa shape index (κ1) is 16.1. The molecule has 0 heterocycles. The minimum Gasteiger partial charge on any atom is -0.465 e. The fraction of sp³-hybridized carbons (Fsp3) is 0.364. The van der Waals surface area contributed by atoms with Crippen LogP contribution in [-0.2, 0) is 4.74 Å². The number of hydrogen-bond donors (Lipinski definition) is 0. The van der Waals surface area contributed by atoms with Crippen LogP contribution in [0.4, 0.5) is 26.3 Å². The highest BCUT2D eigenvalue weighted by Gasteiger charge is 2.59. The lowest BCUT2D eigenvalue weighted by molar-refractivity contribution is -0.305. The maximum Gasteiger partial charge on any atom is 0.439 e. The van der Waals surface area contributed by atoms with E-state index in [1.165, 1.54) is 6.07 Å². The van der Waals surface area contributed by atoms with Crippen molar-refractivity contribution < 1.29 is 40.6 Å². The summed E-state index contributed by atoms with van der Waals surface area (Å²) in [4.78, 5) is 11.2. The van der Waals surface area contributed by atoms with Crippen LogP contribution in [-0.4, -0.2) is 31.5 Å². The van der Waals surface area contributed by atoms with E-state index in [9.17, 15) is 31.1 Å². The van der Waals surface area contributed by atoms with Gasteiger partial charge in [0.05, 0.1) is 7.11 Å². The van der Waals surface area contributed by atoms with E-state index in [0.29, 0.717) is 0 Å². The molecule has 0 saturated heterocycles. The first-order valence-electron chi connectivity index (χ1n) is 5.04. The molecule has 0 saturated carbocycles. The van der Waals surface area contributed by atoms with E-state index >= 15 is 0 Å². The molecule has 0 amide bonds. The van der Waals surface area contributed by atoms with Gasteiger partial charge >= 0.3 is 18.3 Å². The number of para-hydroxylation sites is 1. The molecule has 0 aromatic heterocycles. The molecule has 0 bridgehead atoms. The van der Waals surface area contributed by atoms with Crippen LogP contribution in [0.2, 0.25) is 0 Å².